The van der Waals surface area contributed by atoms with Crippen LogP contribution in [0.2, 0.25) is 0 Å². The van der Waals surface area contributed by atoms with Gasteiger partial charge in [-0.1, -0.05) is 49.4 Å². The minimum absolute atomic E-state index is 0.428. The van der Waals surface area contributed by atoms with Crippen molar-refractivity contribution in [1.29, 1.82) is 0 Å². The summed E-state index contributed by atoms with van der Waals surface area (Å²) in [6.45, 7) is 2.52. The maximum absolute atomic E-state index is 6.16. The number of fused-ring (bicyclic) bond motifs is 1. The molecule has 0 fully saturated rings. The van der Waals surface area contributed by atoms with E-state index >= 15 is 0 Å². The number of aromatic nitrogens is 6. The van der Waals surface area contributed by atoms with Crippen molar-refractivity contribution in [2.75, 3.05) is 0 Å². The van der Waals surface area contributed by atoms with Crippen LogP contribution in [0.5, 0.6) is 5.75 Å². The highest BCUT2D eigenvalue weighted by Gasteiger charge is 2.12. The van der Waals surface area contributed by atoms with Crippen molar-refractivity contribution in [2.24, 2.45) is 0 Å². The number of rotatable bonds is 6. The van der Waals surface area contributed by atoms with Gasteiger partial charge in [0.05, 0.1) is 11.2 Å². The number of nitrogens with zero attached hydrogens (tertiary/aromatic N) is 5. The third kappa shape index (κ3) is 3.85. The normalized spacial score (nSPS) is 11.0. The van der Waals surface area contributed by atoms with E-state index in [1.54, 1.807) is 0 Å². The maximum atomic E-state index is 6.16. The molecule has 0 saturated carbocycles. The number of benzene rings is 2. The van der Waals surface area contributed by atoms with Crippen LogP contribution in [0, 0.1) is 0 Å². The largest absolute Gasteiger partial charge is 0.488 e. The first-order valence-electron chi connectivity index (χ1n) is 10.1. The molecule has 0 aliphatic rings. The van der Waals surface area contributed by atoms with Crippen molar-refractivity contribution in [3.63, 3.8) is 0 Å². The molecule has 0 atom stereocenters. The van der Waals surface area contributed by atoms with Crippen molar-refractivity contribution in [2.45, 2.75) is 20.0 Å². The number of nitrogens with one attached hydrogen (secondary N) is 1. The van der Waals surface area contributed by atoms with E-state index in [1.165, 1.54) is 0 Å². The standard InChI is InChI=1S/C24H20N6O/c1-2-17-13-23(20-9-5-6-10-22(20)26-17)31-15-16-11-12-21(25-14-16)18-7-3-4-8-19(18)24-27-29-30-28-24/h3-14H,2,15H2,1H3,(H,27,28,29,30). The minimum Gasteiger partial charge on any atom is -0.488 e. The second-order valence-electron chi connectivity index (χ2n) is 7.10. The molecule has 0 unspecified atom stereocenters. The highest BCUT2D eigenvalue weighted by Crippen LogP contribution is 2.29. The molecule has 0 spiro atoms. The number of aryl methyl sites for hydroxylation is 1. The Morgan fingerprint density at radius 2 is 1.77 bits per heavy atom. The first kappa shape index (κ1) is 18.9. The predicted octanol–water partition coefficient (Wildman–Crippen LogP) is 4.62. The van der Waals surface area contributed by atoms with E-state index in [-0.39, 0.29) is 0 Å². The van der Waals surface area contributed by atoms with Crippen LogP contribution in [0.4, 0.5) is 0 Å². The number of hydrogen-bond acceptors (Lipinski definition) is 6. The van der Waals surface area contributed by atoms with Gasteiger partial charge in [-0.3, -0.25) is 9.97 Å². The van der Waals surface area contributed by atoms with E-state index in [0.29, 0.717) is 12.4 Å². The van der Waals surface area contributed by atoms with Gasteiger partial charge in [-0.05, 0) is 29.8 Å². The number of pyridine rings is 2. The molecule has 1 N–H and O–H groups in total. The van der Waals surface area contributed by atoms with E-state index in [0.717, 1.165) is 51.2 Å². The fourth-order valence-corrected chi connectivity index (χ4v) is 3.50. The highest BCUT2D eigenvalue weighted by molar-refractivity contribution is 5.85. The van der Waals surface area contributed by atoms with E-state index < -0.39 is 0 Å². The van der Waals surface area contributed by atoms with Gasteiger partial charge in [-0.2, -0.15) is 5.21 Å². The van der Waals surface area contributed by atoms with Crippen molar-refractivity contribution < 1.29 is 4.74 Å². The molecule has 7 nitrogen and oxygen atoms in total. The Morgan fingerprint density at radius 1 is 0.935 bits per heavy atom. The number of H-pyrrole nitrogens is 1. The Hall–Kier alpha value is -4.13. The van der Waals surface area contributed by atoms with Crippen LogP contribution in [-0.2, 0) is 13.0 Å². The molecule has 0 radical (unpaired) electrons. The average Bonchev–Trinajstić information content (AvgIpc) is 3.37. The maximum Gasteiger partial charge on any atom is 0.205 e. The van der Waals surface area contributed by atoms with Gasteiger partial charge in [-0.15, -0.1) is 10.2 Å². The third-order valence-electron chi connectivity index (χ3n) is 5.10. The molecule has 0 aliphatic carbocycles. The van der Waals surface area contributed by atoms with Crippen LogP contribution in [0.1, 0.15) is 18.2 Å². The van der Waals surface area contributed by atoms with Crippen LogP contribution in [0.3, 0.4) is 0 Å². The molecular weight excluding hydrogens is 388 g/mol. The topological polar surface area (TPSA) is 89.5 Å². The zero-order valence-corrected chi connectivity index (χ0v) is 17.0. The predicted molar refractivity (Wildman–Crippen MR) is 118 cm³/mol. The summed E-state index contributed by atoms with van der Waals surface area (Å²) >= 11 is 0. The smallest absolute Gasteiger partial charge is 0.205 e. The molecule has 0 aliphatic heterocycles. The fraction of sp³-hybridized carbons (Fsp3) is 0.125. The quantitative estimate of drug-likeness (QED) is 0.441. The van der Waals surface area contributed by atoms with E-state index in [1.807, 2.05) is 72.9 Å². The van der Waals surface area contributed by atoms with Crippen molar-refractivity contribution in [3.05, 3.63) is 84.2 Å². The molecule has 152 valence electrons. The lowest BCUT2D eigenvalue weighted by Crippen LogP contribution is -1.99. The van der Waals surface area contributed by atoms with Gasteiger partial charge < -0.3 is 4.74 Å². The van der Waals surface area contributed by atoms with E-state index in [2.05, 4.69) is 37.5 Å². The third-order valence-corrected chi connectivity index (χ3v) is 5.10. The molecule has 5 rings (SSSR count). The summed E-state index contributed by atoms with van der Waals surface area (Å²) in [5.74, 6) is 1.38. The van der Waals surface area contributed by atoms with Gasteiger partial charge in [-0.25, -0.2) is 0 Å². The summed E-state index contributed by atoms with van der Waals surface area (Å²) in [6, 6.07) is 21.9. The van der Waals surface area contributed by atoms with E-state index in [9.17, 15) is 0 Å². The monoisotopic (exact) mass is 408 g/mol. The molecule has 0 amide bonds. The molecule has 3 aromatic heterocycles. The lowest BCUT2D eigenvalue weighted by atomic mass is 10.0. The Labute approximate surface area is 179 Å². The summed E-state index contributed by atoms with van der Waals surface area (Å²) in [5.41, 5.74) is 5.61. The molecule has 7 heteroatoms. The Bertz CT molecular complexity index is 1320. The molecule has 0 saturated heterocycles. The Kier molecular flexibility index (Phi) is 5.06. The molecule has 31 heavy (non-hydrogen) atoms. The number of hydrogen-bond donors (Lipinski definition) is 1. The van der Waals surface area contributed by atoms with Crippen LogP contribution in [-0.4, -0.2) is 30.6 Å². The van der Waals surface area contributed by atoms with Gasteiger partial charge in [0, 0.05) is 40.0 Å². The number of tetrazole rings is 1. The van der Waals surface area contributed by atoms with Gasteiger partial charge in [0.1, 0.15) is 12.4 Å². The lowest BCUT2D eigenvalue weighted by Gasteiger charge is -2.11. The van der Waals surface area contributed by atoms with Gasteiger partial charge in [0.2, 0.25) is 5.82 Å². The van der Waals surface area contributed by atoms with Crippen LogP contribution in [0.25, 0.3) is 33.5 Å². The van der Waals surface area contributed by atoms with Crippen LogP contribution in [0.15, 0.2) is 72.9 Å². The molecule has 3 heterocycles. The molecule has 5 aromatic rings. The Morgan fingerprint density at radius 3 is 2.55 bits per heavy atom. The van der Waals surface area contributed by atoms with E-state index in [4.69, 9.17) is 4.74 Å². The van der Waals surface area contributed by atoms with Gasteiger partial charge in [0.25, 0.3) is 0 Å². The summed E-state index contributed by atoms with van der Waals surface area (Å²) in [4.78, 5) is 9.32. The zero-order valence-electron chi connectivity index (χ0n) is 17.0. The summed E-state index contributed by atoms with van der Waals surface area (Å²) in [5, 5.41) is 15.4. The van der Waals surface area contributed by atoms with Gasteiger partial charge in [0.15, 0.2) is 0 Å². The second-order valence-corrected chi connectivity index (χ2v) is 7.10. The molecule has 0 bridgehead atoms. The first-order valence-corrected chi connectivity index (χ1v) is 10.1. The Balaban J connectivity index is 1.39. The first-order chi connectivity index (χ1) is 15.3. The molecular formula is C24H20N6O. The SMILES string of the molecule is CCc1cc(OCc2ccc(-c3ccccc3-c3nn[nH]n3)nc2)c2ccccc2n1. The second kappa shape index (κ2) is 8.31. The summed E-state index contributed by atoms with van der Waals surface area (Å²) < 4.78 is 6.16. The average molecular weight is 408 g/mol. The van der Waals surface area contributed by atoms with Crippen LogP contribution < -0.4 is 4.74 Å². The summed E-state index contributed by atoms with van der Waals surface area (Å²) in [7, 11) is 0. The minimum atomic E-state index is 0.428. The summed E-state index contributed by atoms with van der Waals surface area (Å²) in [6.07, 6.45) is 2.70. The molecule has 2 aromatic carbocycles. The van der Waals surface area contributed by atoms with Gasteiger partial charge >= 0.3 is 0 Å². The highest BCUT2D eigenvalue weighted by atomic mass is 16.5. The fourth-order valence-electron chi connectivity index (χ4n) is 3.50. The van der Waals surface area contributed by atoms with Crippen molar-refractivity contribution in [3.8, 4) is 28.4 Å². The van der Waals surface area contributed by atoms with Crippen LogP contribution >= 0.6 is 0 Å². The number of para-hydroxylation sites is 1. The number of ether oxygens (including phenoxy) is 1. The number of aromatic amines is 1. The van der Waals surface area contributed by atoms with Crippen molar-refractivity contribution >= 4 is 10.9 Å². The lowest BCUT2D eigenvalue weighted by molar-refractivity contribution is 0.309. The zero-order chi connectivity index (χ0) is 21.0. The van der Waals surface area contributed by atoms with Crippen molar-refractivity contribution in [1.82, 2.24) is 30.6 Å².